The maximum atomic E-state index is 5.93. The summed E-state index contributed by atoms with van der Waals surface area (Å²) in [6, 6.07) is 16.0. The Morgan fingerprint density at radius 1 is 1.07 bits per heavy atom. The summed E-state index contributed by atoms with van der Waals surface area (Å²) >= 11 is 0. The monoisotopic (exact) mass is 498 g/mol. The molecule has 28 heavy (non-hydrogen) atoms. The van der Waals surface area contributed by atoms with Gasteiger partial charge in [0.2, 0.25) is 0 Å². The van der Waals surface area contributed by atoms with Gasteiger partial charge in [-0.05, 0) is 36.8 Å². The molecule has 2 rings (SSSR count). The standard InChI is InChI=1S/C21H30N4O2.HI/c1-16(27-20-11-7-10-19(13-20)26-5)14-23-21(22-2)24-15-17-8-6-9-18(12-17)25(3)4;/h6-13,16H,14-15H2,1-5H3,(H2,22,23,24);1H. The molecule has 0 spiro atoms. The van der Waals surface area contributed by atoms with E-state index in [4.69, 9.17) is 9.47 Å². The van der Waals surface area contributed by atoms with Crippen molar-refractivity contribution in [2.24, 2.45) is 4.99 Å². The topological polar surface area (TPSA) is 58.1 Å². The molecule has 0 aliphatic carbocycles. The van der Waals surface area contributed by atoms with E-state index in [1.165, 1.54) is 11.3 Å². The average Bonchev–Trinajstić information content (AvgIpc) is 2.68. The second-order valence-electron chi connectivity index (χ2n) is 6.48. The lowest BCUT2D eigenvalue weighted by atomic mass is 10.2. The van der Waals surface area contributed by atoms with Crippen LogP contribution in [0.3, 0.4) is 0 Å². The van der Waals surface area contributed by atoms with Crippen LogP contribution in [0.4, 0.5) is 5.69 Å². The molecule has 154 valence electrons. The summed E-state index contributed by atoms with van der Waals surface area (Å²) in [6.07, 6.45) is -0.0206. The zero-order valence-electron chi connectivity index (χ0n) is 17.2. The number of nitrogens with one attached hydrogen (secondary N) is 2. The number of benzene rings is 2. The van der Waals surface area contributed by atoms with Crippen LogP contribution < -0.4 is 25.0 Å². The maximum absolute atomic E-state index is 5.93. The summed E-state index contributed by atoms with van der Waals surface area (Å²) in [4.78, 5) is 6.37. The van der Waals surface area contributed by atoms with Gasteiger partial charge in [-0.1, -0.05) is 18.2 Å². The van der Waals surface area contributed by atoms with Crippen molar-refractivity contribution in [1.29, 1.82) is 0 Å². The van der Waals surface area contributed by atoms with Crippen LogP contribution in [0.2, 0.25) is 0 Å². The number of hydrogen-bond donors (Lipinski definition) is 2. The molecule has 0 saturated carbocycles. The van der Waals surface area contributed by atoms with Crippen molar-refractivity contribution in [3.05, 3.63) is 54.1 Å². The third-order valence-electron chi connectivity index (χ3n) is 4.05. The summed E-state index contributed by atoms with van der Waals surface area (Å²) < 4.78 is 11.1. The maximum Gasteiger partial charge on any atom is 0.191 e. The van der Waals surface area contributed by atoms with Crippen LogP contribution in [0.25, 0.3) is 0 Å². The number of methoxy groups -OCH3 is 1. The largest absolute Gasteiger partial charge is 0.497 e. The number of anilines is 1. The smallest absolute Gasteiger partial charge is 0.191 e. The van der Waals surface area contributed by atoms with E-state index in [9.17, 15) is 0 Å². The molecule has 1 atom stereocenters. The Morgan fingerprint density at radius 3 is 2.46 bits per heavy atom. The first-order chi connectivity index (χ1) is 13.0. The van der Waals surface area contributed by atoms with Crippen molar-refractivity contribution in [3.8, 4) is 11.5 Å². The van der Waals surface area contributed by atoms with E-state index in [0.29, 0.717) is 13.1 Å². The van der Waals surface area contributed by atoms with Gasteiger partial charge in [-0.25, -0.2) is 0 Å². The Hall–Kier alpha value is -2.16. The molecule has 1 unspecified atom stereocenters. The van der Waals surface area contributed by atoms with Gasteiger partial charge in [0, 0.05) is 39.4 Å². The lowest BCUT2D eigenvalue weighted by Gasteiger charge is -2.18. The van der Waals surface area contributed by atoms with Gasteiger partial charge in [0.15, 0.2) is 5.96 Å². The van der Waals surface area contributed by atoms with Gasteiger partial charge in [-0.3, -0.25) is 4.99 Å². The van der Waals surface area contributed by atoms with Crippen LogP contribution >= 0.6 is 24.0 Å². The Balaban J connectivity index is 0.00000392. The van der Waals surface area contributed by atoms with Crippen LogP contribution in [0, 0.1) is 0 Å². The van der Waals surface area contributed by atoms with E-state index in [1.807, 2.05) is 45.3 Å². The highest BCUT2D eigenvalue weighted by molar-refractivity contribution is 14.0. The molecule has 0 aliphatic rings. The Labute approximate surface area is 185 Å². The molecular weight excluding hydrogens is 467 g/mol. The highest BCUT2D eigenvalue weighted by Gasteiger charge is 2.07. The van der Waals surface area contributed by atoms with Gasteiger partial charge in [0.25, 0.3) is 0 Å². The Morgan fingerprint density at radius 2 is 1.79 bits per heavy atom. The SMILES string of the molecule is CN=C(NCc1cccc(N(C)C)c1)NCC(C)Oc1cccc(OC)c1.I. The highest BCUT2D eigenvalue weighted by Crippen LogP contribution is 2.19. The first-order valence-electron chi connectivity index (χ1n) is 9.03. The molecule has 0 amide bonds. The van der Waals surface area contributed by atoms with Gasteiger partial charge in [-0.15, -0.1) is 24.0 Å². The molecule has 2 N–H and O–H groups in total. The van der Waals surface area contributed by atoms with Crippen molar-refractivity contribution in [3.63, 3.8) is 0 Å². The number of hydrogen-bond acceptors (Lipinski definition) is 4. The summed E-state index contributed by atoms with van der Waals surface area (Å²) in [7, 11) is 7.49. The summed E-state index contributed by atoms with van der Waals surface area (Å²) in [5.74, 6) is 2.31. The predicted octanol–water partition coefficient (Wildman–Crippen LogP) is 3.51. The van der Waals surface area contributed by atoms with Crippen LogP contribution in [0.1, 0.15) is 12.5 Å². The number of halogens is 1. The van der Waals surface area contributed by atoms with E-state index < -0.39 is 0 Å². The first kappa shape index (κ1) is 23.9. The molecule has 7 heteroatoms. The molecule has 0 radical (unpaired) electrons. The van der Waals surface area contributed by atoms with E-state index in [1.54, 1.807) is 14.2 Å². The molecule has 0 heterocycles. The lowest BCUT2D eigenvalue weighted by molar-refractivity contribution is 0.223. The number of rotatable bonds is 8. The van der Waals surface area contributed by atoms with Crippen LogP contribution in [0.5, 0.6) is 11.5 Å². The van der Waals surface area contributed by atoms with Gasteiger partial charge >= 0.3 is 0 Å². The normalized spacial score (nSPS) is 11.8. The molecule has 2 aromatic carbocycles. The fourth-order valence-electron chi connectivity index (χ4n) is 2.54. The zero-order valence-corrected chi connectivity index (χ0v) is 19.6. The Bertz CT molecular complexity index is 753. The fourth-order valence-corrected chi connectivity index (χ4v) is 2.54. The van der Waals surface area contributed by atoms with E-state index in [0.717, 1.165) is 17.5 Å². The minimum atomic E-state index is -0.0206. The van der Waals surface area contributed by atoms with Crippen molar-refractivity contribution < 1.29 is 9.47 Å². The lowest BCUT2D eigenvalue weighted by Crippen LogP contribution is -2.41. The van der Waals surface area contributed by atoms with Gasteiger partial charge in [-0.2, -0.15) is 0 Å². The predicted molar refractivity (Wildman–Crippen MR) is 127 cm³/mol. The summed E-state index contributed by atoms with van der Waals surface area (Å²) in [5, 5.41) is 6.63. The van der Waals surface area contributed by atoms with Crippen molar-refractivity contribution in [1.82, 2.24) is 10.6 Å². The molecule has 0 saturated heterocycles. The average molecular weight is 498 g/mol. The van der Waals surface area contributed by atoms with Gasteiger partial charge in [0.1, 0.15) is 17.6 Å². The van der Waals surface area contributed by atoms with Gasteiger partial charge < -0.3 is 25.0 Å². The number of nitrogens with zero attached hydrogens (tertiary/aromatic N) is 2. The fraction of sp³-hybridized carbons (Fsp3) is 0.381. The van der Waals surface area contributed by atoms with E-state index in [2.05, 4.69) is 44.8 Å². The minimum absolute atomic E-state index is 0. The third-order valence-corrected chi connectivity index (χ3v) is 4.05. The molecule has 0 fully saturated rings. The van der Waals surface area contributed by atoms with Crippen LogP contribution in [-0.4, -0.2) is 46.9 Å². The van der Waals surface area contributed by atoms with Crippen molar-refractivity contribution in [2.45, 2.75) is 19.6 Å². The molecule has 2 aromatic rings. The number of ether oxygens (including phenoxy) is 2. The molecule has 6 nitrogen and oxygen atoms in total. The zero-order chi connectivity index (χ0) is 19.6. The summed E-state index contributed by atoms with van der Waals surface area (Å²) in [5.41, 5.74) is 2.38. The van der Waals surface area contributed by atoms with Crippen LogP contribution in [0.15, 0.2) is 53.5 Å². The van der Waals surface area contributed by atoms with Gasteiger partial charge in [0.05, 0.1) is 13.7 Å². The van der Waals surface area contributed by atoms with E-state index >= 15 is 0 Å². The van der Waals surface area contributed by atoms with E-state index in [-0.39, 0.29) is 30.1 Å². The third kappa shape index (κ3) is 7.84. The van der Waals surface area contributed by atoms with Crippen LogP contribution in [-0.2, 0) is 6.54 Å². The second kappa shape index (κ2) is 12.3. The molecule has 0 bridgehead atoms. The van der Waals surface area contributed by atoms with Crippen molar-refractivity contribution >= 4 is 35.6 Å². The Kier molecular flexibility index (Phi) is 10.5. The van der Waals surface area contributed by atoms with Crippen molar-refractivity contribution in [2.75, 3.05) is 39.7 Å². The summed E-state index contributed by atoms with van der Waals surface area (Å²) in [6.45, 7) is 3.35. The molecule has 0 aliphatic heterocycles. The number of guanidine groups is 1. The number of aliphatic imine (C=N–C) groups is 1. The second-order valence-corrected chi connectivity index (χ2v) is 6.48. The first-order valence-corrected chi connectivity index (χ1v) is 9.03. The quantitative estimate of drug-likeness (QED) is 0.332. The minimum Gasteiger partial charge on any atom is -0.497 e. The highest BCUT2D eigenvalue weighted by atomic mass is 127. The molecular formula is C21H31IN4O2. The molecule has 0 aromatic heterocycles.